The van der Waals surface area contributed by atoms with Crippen LogP contribution in [0.5, 0.6) is 0 Å². The van der Waals surface area contributed by atoms with Crippen molar-refractivity contribution in [2.75, 3.05) is 44.2 Å². The zero-order valence-corrected chi connectivity index (χ0v) is 17.8. The summed E-state index contributed by atoms with van der Waals surface area (Å²) in [5.74, 6) is -0.166. The van der Waals surface area contributed by atoms with E-state index < -0.39 is 0 Å². The van der Waals surface area contributed by atoms with Crippen LogP contribution in [-0.2, 0) is 6.54 Å². The summed E-state index contributed by atoms with van der Waals surface area (Å²) in [5, 5.41) is 0. The first-order chi connectivity index (χ1) is 15.2. The largest absolute Gasteiger partial charge is 0.369 e. The summed E-state index contributed by atoms with van der Waals surface area (Å²) in [5.41, 5.74) is 4.95. The van der Waals surface area contributed by atoms with Crippen LogP contribution in [0.15, 0.2) is 73.1 Å². The zero-order valence-electron chi connectivity index (χ0n) is 17.8. The van der Waals surface area contributed by atoms with Crippen molar-refractivity contribution in [2.45, 2.75) is 19.0 Å². The van der Waals surface area contributed by atoms with E-state index in [1.165, 1.54) is 23.1 Å². The van der Waals surface area contributed by atoms with Crippen LogP contribution >= 0.6 is 0 Å². The van der Waals surface area contributed by atoms with E-state index in [1.807, 2.05) is 24.5 Å². The van der Waals surface area contributed by atoms with Crippen molar-refractivity contribution in [2.24, 2.45) is 0 Å². The smallest absolute Gasteiger partial charge is 0.123 e. The lowest BCUT2D eigenvalue weighted by molar-refractivity contribution is 0.181. The summed E-state index contributed by atoms with van der Waals surface area (Å²) in [6, 6.07) is 20.6. The molecule has 0 saturated carbocycles. The molecule has 0 radical (unpaired) electrons. The number of likely N-dealkylation sites (tertiary alicyclic amines) is 1. The SMILES string of the molecule is Fc1ccc(N2CCN(C3CCN(Cc4ccc(-c5ccncc5)cc4)C3)CC2)cc1. The summed E-state index contributed by atoms with van der Waals surface area (Å²) < 4.78 is 13.2. The lowest BCUT2D eigenvalue weighted by Gasteiger charge is -2.39. The Morgan fingerprint density at radius 2 is 1.45 bits per heavy atom. The Kier molecular flexibility index (Phi) is 5.96. The van der Waals surface area contributed by atoms with Crippen LogP contribution in [0.4, 0.5) is 10.1 Å². The molecule has 2 fully saturated rings. The Morgan fingerprint density at radius 3 is 2.16 bits per heavy atom. The highest BCUT2D eigenvalue weighted by atomic mass is 19.1. The number of rotatable bonds is 5. The molecule has 0 bridgehead atoms. The highest BCUT2D eigenvalue weighted by Gasteiger charge is 2.30. The number of piperazine rings is 1. The number of hydrogen-bond donors (Lipinski definition) is 0. The van der Waals surface area contributed by atoms with Crippen molar-refractivity contribution < 1.29 is 4.39 Å². The number of halogens is 1. The second-order valence-corrected chi connectivity index (χ2v) is 8.61. The predicted octanol–water partition coefficient (Wildman–Crippen LogP) is 4.28. The molecule has 1 aromatic heterocycles. The van der Waals surface area contributed by atoms with Gasteiger partial charge in [-0.3, -0.25) is 14.8 Å². The second kappa shape index (κ2) is 9.16. The molecule has 4 nitrogen and oxygen atoms in total. The lowest BCUT2D eigenvalue weighted by atomic mass is 10.1. The molecule has 0 aliphatic carbocycles. The van der Waals surface area contributed by atoms with Crippen molar-refractivity contribution in [3.05, 3.63) is 84.4 Å². The highest BCUT2D eigenvalue weighted by molar-refractivity contribution is 5.62. The molecule has 5 heteroatoms. The first kappa shape index (κ1) is 20.2. The van der Waals surface area contributed by atoms with Crippen LogP contribution < -0.4 is 4.90 Å². The summed E-state index contributed by atoms with van der Waals surface area (Å²) in [7, 11) is 0. The third kappa shape index (κ3) is 4.78. The van der Waals surface area contributed by atoms with E-state index in [4.69, 9.17) is 0 Å². The fraction of sp³-hybridized carbons (Fsp3) is 0.346. The lowest BCUT2D eigenvalue weighted by Crippen LogP contribution is -2.51. The van der Waals surface area contributed by atoms with Gasteiger partial charge in [0.25, 0.3) is 0 Å². The summed E-state index contributed by atoms with van der Waals surface area (Å²) in [6.07, 6.45) is 4.92. The molecule has 31 heavy (non-hydrogen) atoms. The van der Waals surface area contributed by atoms with Gasteiger partial charge in [0.2, 0.25) is 0 Å². The molecule has 2 aromatic carbocycles. The molecular weight excluding hydrogens is 387 g/mol. The van der Waals surface area contributed by atoms with Crippen LogP contribution in [-0.4, -0.2) is 60.1 Å². The quantitative estimate of drug-likeness (QED) is 0.619. The maximum Gasteiger partial charge on any atom is 0.123 e. The molecule has 2 saturated heterocycles. The van der Waals surface area contributed by atoms with E-state index in [0.717, 1.165) is 51.5 Å². The average molecular weight is 417 g/mol. The Bertz CT molecular complexity index is 967. The van der Waals surface area contributed by atoms with Crippen molar-refractivity contribution in [1.29, 1.82) is 0 Å². The van der Waals surface area contributed by atoms with E-state index in [1.54, 1.807) is 12.1 Å². The van der Waals surface area contributed by atoms with Crippen molar-refractivity contribution in [3.63, 3.8) is 0 Å². The molecule has 2 aliphatic rings. The van der Waals surface area contributed by atoms with Gasteiger partial charge in [0, 0.05) is 69.9 Å². The molecule has 0 spiro atoms. The van der Waals surface area contributed by atoms with E-state index in [2.05, 4.69) is 56.1 Å². The highest BCUT2D eigenvalue weighted by Crippen LogP contribution is 2.24. The van der Waals surface area contributed by atoms with Crippen molar-refractivity contribution in [3.8, 4) is 11.1 Å². The van der Waals surface area contributed by atoms with E-state index in [-0.39, 0.29) is 5.82 Å². The van der Waals surface area contributed by atoms with Crippen LogP contribution in [0.2, 0.25) is 0 Å². The van der Waals surface area contributed by atoms with E-state index in [0.29, 0.717) is 6.04 Å². The van der Waals surface area contributed by atoms with Gasteiger partial charge in [-0.2, -0.15) is 0 Å². The topological polar surface area (TPSA) is 22.6 Å². The fourth-order valence-corrected chi connectivity index (χ4v) is 4.86. The molecular formula is C26H29FN4. The fourth-order valence-electron chi connectivity index (χ4n) is 4.86. The van der Waals surface area contributed by atoms with Gasteiger partial charge >= 0.3 is 0 Å². The number of benzene rings is 2. The Labute approximate surface area is 183 Å². The van der Waals surface area contributed by atoms with Crippen LogP contribution in [0.3, 0.4) is 0 Å². The number of hydrogen-bond acceptors (Lipinski definition) is 4. The molecule has 3 heterocycles. The van der Waals surface area contributed by atoms with Crippen LogP contribution in [0, 0.1) is 5.82 Å². The van der Waals surface area contributed by atoms with Gasteiger partial charge in [0.05, 0.1) is 0 Å². The van der Waals surface area contributed by atoms with Gasteiger partial charge in [0.15, 0.2) is 0 Å². The number of aromatic nitrogens is 1. The van der Waals surface area contributed by atoms with Gasteiger partial charge in [-0.05, 0) is 59.5 Å². The average Bonchev–Trinajstić information content (AvgIpc) is 3.29. The van der Waals surface area contributed by atoms with Crippen molar-refractivity contribution >= 4 is 5.69 Å². The van der Waals surface area contributed by atoms with Crippen LogP contribution in [0.25, 0.3) is 11.1 Å². The monoisotopic (exact) mass is 416 g/mol. The molecule has 2 aliphatic heterocycles. The maximum atomic E-state index is 13.2. The second-order valence-electron chi connectivity index (χ2n) is 8.61. The van der Waals surface area contributed by atoms with Gasteiger partial charge in [0.1, 0.15) is 5.82 Å². The van der Waals surface area contributed by atoms with Gasteiger partial charge in [-0.25, -0.2) is 4.39 Å². The normalized spacial score (nSPS) is 20.3. The Morgan fingerprint density at radius 1 is 0.774 bits per heavy atom. The van der Waals surface area contributed by atoms with Crippen molar-refractivity contribution in [1.82, 2.24) is 14.8 Å². The Balaban J connectivity index is 1.12. The molecule has 5 rings (SSSR count). The zero-order chi connectivity index (χ0) is 21.0. The number of anilines is 1. The maximum absolute atomic E-state index is 13.2. The summed E-state index contributed by atoms with van der Waals surface area (Å²) >= 11 is 0. The van der Waals surface area contributed by atoms with Gasteiger partial charge < -0.3 is 4.90 Å². The number of nitrogens with zero attached hydrogens (tertiary/aromatic N) is 4. The van der Waals surface area contributed by atoms with Crippen LogP contribution in [0.1, 0.15) is 12.0 Å². The molecule has 1 atom stereocenters. The molecule has 0 amide bonds. The Hall–Kier alpha value is -2.76. The third-order valence-corrected chi connectivity index (χ3v) is 6.64. The van der Waals surface area contributed by atoms with Gasteiger partial charge in [-0.15, -0.1) is 0 Å². The molecule has 0 N–H and O–H groups in total. The molecule has 160 valence electrons. The van der Waals surface area contributed by atoms with E-state index in [9.17, 15) is 4.39 Å². The minimum Gasteiger partial charge on any atom is -0.369 e. The standard InChI is InChI=1S/C26H29FN4/c27-24-5-7-25(8-6-24)30-15-17-31(18-16-30)26-11-14-29(20-26)19-21-1-3-22(4-2-21)23-9-12-28-13-10-23/h1-10,12-13,26H,11,14-20H2. The predicted molar refractivity (Wildman–Crippen MR) is 124 cm³/mol. The minimum atomic E-state index is -0.166. The summed E-state index contributed by atoms with van der Waals surface area (Å²) in [4.78, 5) is 11.7. The van der Waals surface area contributed by atoms with Gasteiger partial charge in [-0.1, -0.05) is 24.3 Å². The first-order valence-electron chi connectivity index (χ1n) is 11.2. The molecule has 3 aromatic rings. The molecule has 1 unspecified atom stereocenters. The minimum absolute atomic E-state index is 0.166. The number of pyridine rings is 1. The third-order valence-electron chi connectivity index (χ3n) is 6.64. The first-order valence-corrected chi connectivity index (χ1v) is 11.2. The summed E-state index contributed by atoms with van der Waals surface area (Å²) in [6.45, 7) is 7.50. The van der Waals surface area contributed by atoms with E-state index >= 15 is 0 Å².